The lowest BCUT2D eigenvalue weighted by molar-refractivity contribution is -0.126. The van der Waals surface area contributed by atoms with E-state index in [-0.39, 0.29) is 17.9 Å². The second-order valence-corrected chi connectivity index (χ2v) is 6.75. The molecule has 1 saturated carbocycles. The van der Waals surface area contributed by atoms with E-state index in [1.54, 1.807) is 0 Å². The summed E-state index contributed by atoms with van der Waals surface area (Å²) in [5.41, 5.74) is 5.99. The number of aryl methyl sites for hydroxylation is 2. The quantitative estimate of drug-likeness (QED) is 0.846. The van der Waals surface area contributed by atoms with E-state index in [1.165, 1.54) is 0 Å². The number of halogens is 1. The first-order valence-corrected chi connectivity index (χ1v) is 8.00. The summed E-state index contributed by atoms with van der Waals surface area (Å²) in [5.74, 6) is 0.0223. The molecule has 3 N–H and O–H groups in total. The highest BCUT2D eigenvalue weighted by Gasteiger charge is 2.47. The highest BCUT2D eigenvalue weighted by atomic mass is 35.5. The summed E-state index contributed by atoms with van der Waals surface area (Å²) in [6, 6.07) is 0.236. The van der Waals surface area contributed by atoms with Gasteiger partial charge < -0.3 is 11.1 Å². The highest BCUT2D eigenvalue weighted by molar-refractivity contribution is 6.31. The van der Waals surface area contributed by atoms with Crippen LogP contribution in [0.25, 0.3) is 0 Å². The minimum atomic E-state index is -0.569. The largest absolute Gasteiger partial charge is 0.368 e. The van der Waals surface area contributed by atoms with E-state index < -0.39 is 5.54 Å². The van der Waals surface area contributed by atoms with Crippen LogP contribution in [0.4, 0.5) is 0 Å². The molecule has 1 aromatic rings. The number of nitrogens with two attached hydrogens (primary N) is 1. The number of carbonyl (C=O) groups is 1. The van der Waals surface area contributed by atoms with E-state index in [4.69, 9.17) is 17.3 Å². The van der Waals surface area contributed by atoms with Crippen molar-refractivity contribution in [3.8, 4) is 0 Å². The number of nitrogens with zero attached hydrogens (tertiary/aromatic N) is 2. The van der Waals surface area contributed by atoms with Crippen LogP contribution in [0, 0.1) is 12.8 Å². The van der Waals surface area contributed by atoms with Crippen molar-refractivity contribution in [3.63, 3.8) is 0 Å². The molecule has 1 fully saturated rings. The molecule has 0 aromatic carbocycles. The van der Waals surface area contributed by atoms with Crippen LogP contribution in [-0.4, -0.2) is 27.3 Å². The normalized spacial score (nSPS) is 25.7. The molecule has 2 unspecified atom stereocenters. The number of carbonyl (C=O) groups excluding carboxylic acids is 1. The zero-order chi connectivity index (χ0) is 15.6. The summed E-state index contributed by atoms with van der Waals surface area (Å²) < 4.78 is 1.86. The molecular weight excluding hydrogens is 288 g/mol. The summed E-state index contributed by atoms with van der Waals surface area (Å²) in [6.07, 6.45) is 5.60. The van der Waals surface area contributed by atoms with Crippen LogP contribution in [0.2, 0.25) is 5.02 Å². The molecule has 0 spiro atoms. The van der Waals surface area contributed by atoms with Crippen molar-refractivity contribution < 1.29 is 4.79 Å². The number of hydrogen-bond donors (Lipinski definition) is 2. The molecule has 5 nitrogen and oxygen atoms in total. The molecule has 2 atom stereocenters. The molecule has 1 aromatic heterocycles. The highest BCUT2D eigenvalue weighted by Crippen LogP contribution is 2.38. The van der Waals surface area contributed by atoms with Crippen LogP contribution >= 0.6 is 11.6 Å². The Hall–Kier alpha value is -1.07. The first-order valence-electron chi connectivity index (χ1n) is 7.62. The number of amides is 1. The fourth-order valence-electron chi connectivity index (χ4n) is 3.47. The van der Waals surface area contributed by atoms with Crippen LogP contribution in [-0.2, 0) is 11.3 Å². The molecule has 118 valence electrons. The molecule has 0 aliphatic heterocycles. The number of aromatic nitrogens is 2. The number of hydrogen-bond acceptors (Lipinski definition) is 3. The van der Waals surface area contributed by atoms with Crippen LogP contribution in [0.5, 0.6) is 0 Å². The lowest BCUT2D eigenvalue weighted by Crippen LogP contribution is -2.60. The summed E-state index contributed by atoms with van der Waals surface area (Å²) >= 11 is 6.03. The second-order valence-electron chi connectivity index (χ2n) is 6.34. The van der Waals surface area contributed by atoms with Crippen molar-refractivity contribution in [2.75, 3.05) is 0 Å². The fraction of sp³-hybridized carbons (Fsp3) is 0.733. The average Bonchev–Trinajstić information content (AvgIpc) is 2.92. The van der Waals surface area contributed by atoms with Gasteiger partial charge in [0, 0.05) is 18.8 Å². The molecule has 0 bridgehead atoms. The Morgan fingerprint density at radius 3 is 2.90 bits per heavy atom. The average molecular weight is 313 g/mol. The van der Waals surface area contributed by atoms with Gasteiger partial charge in [0.2, 0.25) is 5.91 Å². The summed E-state index contributed by atoms with van der Waals surface area (Å²) in [7, 11) is 0. The van der Waals surface area contributed by atoms with Gasteiger partial charge in [-0.2, -0.15) is 5.10 Å². The Morgan fingerprint density at radius 1 is 1.67 bits per heavy atom. The van der Waals surface area contributed by atoms with Gasteiger partial charge in [-0.1, -0.05) is 18.0 Å². The molecule has 0 radical (unpaired) electrons. The predicted octanol–water partition coefficient (Wildman–Crippen LogP) is 2.26. The lowest BCUT2D eigenvalue weighted by atomic mass is 9.83. The Balaban J connectivity index is 2.08. The molecule has 21 heavy (non-hydrogen) atoms. The van der Waals surface area contributed by atoms with Crippen LogP contribution in [0.3, 0.4) is 0 Å². The van der Waals surface area contributed by atoms with Gasteiger partial charge in [-0.05, 0) is 46.0 Å². The third-order valence-corrected chi connectivity index (χ3v) is 4.77. The zero-order valence-electron chi connectivity index (χ0n) is 13.0. The standard InChI is InChI=1S/C15H25ClN4O/c1-10(2)18-15(14(17)21)7-4-5-12(15)6-8-20-9-13(16)11(3)19-20/h9-10,12,18H,4-8H2,1-3H3,(H2,17,21). The van der Waals surface area contributed by atoms with E-state index in [1.807, 2.05) is 17.8 Å². The maximum Gasteiger partial charge on any atom is 0.238 e. The topological polar surface area (TPSA) is 72.9 Å². The maximum absolute atomic E-state index is 12.1. The zero-order valence-corrected chi connectivity index (χ0v) is 13.8. The van der Waals surface area contributed by atoms with E-state index in [9.17, 15) is 4.79 Å². The van der Waals surface area contributed by atoms with Gasteiger partial charge in [-0.3, -0.25) is 9.48 Å². The summed E-state index contributed by atoms with van der Waals surface area (Å²) in [5, 5.41) is 8.48. The molecule has 1 aliphatic carbocycles. The van der Waals surface area contributed by atoms with Crippen LogP contribution in [0.1, 0.15) is 45.2 Å². The van der Waals surface area contributed by atoms with Crippen molar-refractivity contribution >= 4 is 17.5 Å². The Bertz CT molecular complexity index is 494. The first-order chi connectivity index (χ1) is 9.85. The SMILES string of the molecule is Cc1nn(CCC2CCCC2(NC(C)C)C(N)=O)cc1Cl. The molecular formula is C15H25ClN4O. The van der Waals surface area contributed by atoms with Gasteiger partial charge in [0.15, 0.2) is 0 Å². The summed E-state index contributed by atoms with van der Waals surface area (Å²) in [4.78, 5) is 12.1. The predicted molar refractivity (Wildman–Crippen MR) is 84.1 cm³/mol. The van der Waals surface area contributed by atoms with Gasteiger partial charge in [0.25, 0.3) is 0 Å². The third-order valence-electron chi connectivity index (χ3n) is 4.40. The molecule has 1 heterocycles. The van der Waals surface area contributed by atoms with Crippen molar-refractivity contribution in [2.45, 2.75) is 64.6 Å². The van der Waals surface area contributed by atoms with Crippen molar-refractivity contribution in [1.82, 2.24) is 15.1 Å². The van der Waals surface area contributed by atoms with Crippen LogP contribution < -0.4 is 11.1 Å². The van der Waals surface area contributed by atoms with Gasteiger partial charge in [0.1, 0.15) is 5.54 Å². The third kappa shape index (κ3) is 3.40. The molecule has 0 saturated heterocycles. The van der Waals surface area contributed by atoms with E-state index in [2.05, 4.69) is 24.3 Å². The Kier molecular flexibility index (Phi) is 4.94. The van der Waals surface area contributed by atoms with Crippen LogP contribution in [0.15, 0.2) is 6.20 Å². The van der Waals surface area contributed by atoms with Crippen molar-refractivity contribution in [3.05, 3.63) is 16.9 Å². The molecule has 2 rings (SSSR count). The minimum absolute atomic E-state index is 0.228. The lowest BCUT2D eigenvalue weighted by Gasteiger charge is -2.35. The molecule has 6 heteroatoms. The van der Waals surface area contributed by atoms with Gasteiger partial charge in [0.05, 0.1) is 10.7 Å². The van der Waals surface area contributed by atoms with E-state index >= 15 is 0 Å². The number of primary amides is 1. The maximum atomic E-state index is 12.1. The second kappa shape index (κ2) is 6.36. The smallest absolute Gasteiger partial charge is 0.238 e. The Morgan fingerprint density at radius 2 is 2.38 bits per heavy atom. The van der Waals surface area contributed by atoms with Gasteiger partial charge in [-0.25, -0.2) is 0 Å². The fourth-order valence-corrected chi connectivity index (χ4v) is 3.62. The molecule has 1 aliphatic rings. The number of nitrogens with one attached hydrogen (secondary N) is 1. The van der Waals surface area contributed by atoms with Crippen molar-refractivity contribution in [1.29, 1.82) is 0 Å². The minimum Gasteiger partial charge on any atom is -0.368 e. The summed E-state index contributed by atoms with van der Waals surface area (Å²) in [6.45, 7) is 6.75. The van der Waals surface area contributed by atoms with E-state index in [0.717, 1.165) is 37.9 Å². The van der Waals surface area contributed by atoms with E-state index in [0.29, 0.717) is 5.02 Å². The van der Waals surface area contributed by atoms with Gasteiger partial charge in [-0.15, -0.1) is 0 Å². The Labute approximate surface area is 131 Å². The van der Waals surface area contributed by atoms with Crippen molar-refractivity contribution in [2.24, 2.45) is 11.7 Å². The van der Waals surface area contributed by atoms with Gasteiger partial charge >= 0.3 is 0 Å². The first kappa shape index (κ1) is 16.3. The monoisotopic (exact) mass is 312 g/mol. The number of rotatable bonds is 6. The molecule has 1 amide bonds.